The molecule has 11 heteroatoms. The molecule has 152 valence electrons. The van der Waals surface area contributed by atoms with Crippen molar-refractivity contribution in [3.8, 4) is 0 Å². The van der Waals surface area contributed by atoms with Crippen molar-refractivity contribution in [2.45, 2.75) is 0 Å². The van der Waals surface area contributed by atoms with Gasteiger partial charge in [-0.2, -0.15) is 10.2 Å². The van der Waals surface area contributed by atoms with Gasteiger partial charge in [-0.05, 0) is 35.4 Å². The van der Waals surface area contributed by atoms with Gasteiger partial charge in [-0.25, -0.2) is 10.9 Å². The van der Waals surface area contributed by atoms with E-state index < -0.39 is 11.8 Å². The van der Waals surface area contributed by atoms with E-state index in [-0.39, 0.29) is 13.2 Å². The van der Waals surface area contributed by atoms with Gasteiger partial charge in [0.1, 0.15) is 13.2 Å². The summed E-state index contributed by atoms with van der Waals surface area (Å²) in [5, 5.41) is 9.09. The number of hydrazone groups is 2. The van der Waals surface area contributed by atoms with Crippen LogP contribution in [0.2, 0.25) is 20.1 Å². The second kappa shape index (κ2) is 11.7. The van der Waals surface area contributed by atoms with Crippen molar-refractivity contribution in [3.05, 3.63) is 67.6 Å². The summed E-state index contributed by atoms with van der Waals surface area (Å²) in [7, 11) is 0. The van der Waals surface area contributed by atoms with Crippen LogP contribution in [0, 0.1) is 0 Å². The Morgan fingerprint density at radius 1 is 0.759 bits per heavy atom. The average Bonchev–Trinajstić information content (AvgIpc) is 2.67. The van der Waals surface area contributed by atoms with E-state index in [4.69, 9.17) is 51.1 Å². The number of nitrogens with zero attached hydrogens (tertiary/aromatic N) is 2. The van der Waals surface area contributed by atoms with Gasteiger partial charge in [-0.15, -0.1) is 0 Å². The predicted octanol–water partition coefficient (Wildman–Crippen LogP) is 3.92. The van der Waals surface area contributed by atoms with Crippen LogP contribution in [0.5, 0.6) is 0 Å². The molecule has 7 nitrogen and oxygen atoms in total. The highest BCUT2D eigenvalue weighted by Gasteiger charge is 2.04. The zero-order chi connectivity index (χ0) is 21.2. The molecule has 0 aromatic heterocycles. The molecule has 0 bridgehead atoms. The summed E-state index contributed by atoms with van der Waals surface area (Å²) >= 11 is 23.4. The molecule has 0 spiro atoms. The molecule has 2 rings (SSSR count). The molecule has 0 heterocycles. The summed E-state index contributed by atoms with van der Waals surface area (Å²) in [5.74, 6) is -1.07. The average molecular weight is 476 g/mol. The standard InChI is InChI=1S/C18H14Cl4N4O3/c19-13-3-1-11(5-15(13)21)7-23-25-17(27)9-29-10-18(28)26-24-8-12-2-4-14(20)16(22)6-12/h1-8H,9-10H2,(H,25,27)(H,26,28)/b23-7+,24-8+. The fourth-order valence-electron chi connectivity index (χ4n) is 1.84. The van der Waals surface area contributed by atoms with Crippen LogP contribution in [-0.4, -0.2) is 37.5 Å². The Bertz CT molecular complexity index is 875. The van der Waals surface area contributed by atoms with E-state index >= 15 is 0 Å². The van der Waals surface area contributed by atoms with E-state index in [0.717, 1.165) is 0 Å². The van der Waals surface area contributed by atoms with Gasteiger partial charge in [-0.1, -0.05) is 58.5 Å². The highest BCUT2D eigenvalue weighted by molar-refractivity contribution is 6.42. The van der Waals surface area contributed by atoms with Gasteiger partial charge in [0, 0.05) is 0 Å². The normalized spacial score (nSPS) is 11.2. The first-order valence-electron chi connectivity index (χ1n) is 7.97. The Morgan fingerprint density at radius 2 is 1.17 bits per heavy atom. The SMILES string of the molecule is O=C(COCC(=O)N/N=C/c1ccc(Cl)c(Cl)c1)N/N=C/c1ccc(Cl)c(Cl)c1. The fraction of sp³-hybridized carbons (Fsp3) is 0.111. The first kappa shape index (κ1) is 23.1. The van der Waals surface area contributed by atoms with Crippen LogP contribution < -0.4 is 10.9 Å². The number of benzene rings is 2. The van der Waals surface area contributed by atoms with Crippen LogP contribution >= 0.6 is 46.4 Å². The maximum atomic E-state index is 11.6. The third-order valence-corrected chi connectivity index (χ3v) is 4.64. The Hall–Kier alpha value is -2.16. The van der Waals surface area contributed by atoms with Gasteiger partial charge in [0.05, 0.1) is 32.5 Å². The zero-order valence-corrected chi connectivity index (χ0v) is 17.7. The fourth-order valence-corrected chi connectivity index (χ4v) is 2.46. The van der Waals surface area contributed by atoms with E-state index in [2.05, 4.69) is 21.1 Å². The summed E-state index contributed by atoms with van der Waals surface area (Å²) in [5.41, 5.74) is 5.82. The van der Waals surface area contributed by atoms with Crippen LogP contribution in [0.1, 0.15) is 11.1 Å². The molecule has 0 radical (unpaired) electrons. The summed E-state index contributed by atoms with van der Waals surface area (Å²) in [6.07, 6.45) is 2.79. The molecule has 0 aliphatic rings. The summed E-state index contributed by atoms with van der Waals surface area (Å²) in [6, 6.07) is 9.78. The number of ether oxygens (including phenoxy) is 1. The lowest BCUT2D eigenvalue weighted by atomic mass is 10.2. The van der Waals surface area contributed by atoms with E-state index in [1.54, 1.807) is 36.4 Å². The first-order valence-corrected chi connectivity index (χ1v) is 9.48. The molecule has 0 aliphatic carbocycles. The molecule has 0 fully saturated rings. The Kier molecular flexibility index (Phi) is 9.37. The second-order valence-corrected chi connectivity index (χ2v) is 7.06. The summed E-state index contributed by atoms with van der Waals surface area (Å²) < 4.78 is 4.98. The number of carbonyl (C=O) groups is 2. The second-order valence-electron chi connectivity index (χ2n) is 5.43. The summed E-state index contributed by atoms with van der Waals surface area (Å²) in [6.45, 7) is -0.717. The lowest BCUT2D eigenvalue weighted by Gasteiger charge is -2.02. The van der Waals surface area contributed by atoms with Gasteiger partial charge in [-0.3, -0.25) is 9.59 Å². The van der Waals surface area contributed by atoms with Crippen LogP contribution in [0.4, 0.5) is 0 Å². The van der Waals surface area contributed by atoms with Crippen molar-refractivity contribution in [3.63, 3.8) is 0 Å². The lowest BCUT2D eigenvalue weighted by molar-refractivity contribution is -0.130. The molecule has 0 atom stereocenters. The molecule has 2 aromatic rings. The van der Waals surface area contributed by atoms with E-state index in [0.29, 0.717) is 31.2 Å². The number of nitrogens with one attached hydrogen (secondary N) is 2. The minimum absolute atomic E-state index is 0.358. The van der Waals surface area contributed by atoms with Crippen molar-refractivity contribution in [2.24, 2.45) is 10.2 Å². The predicted molar refractivity (Wildman–Crippen MR) is 115 cm³/mol. The van der Waals surface area contributed by atoms with Gasteiger partial charge in [0.2, 0.25) is 0 Å². The number of hydrogen-bond acceptors (Lipinski definition) is 5. The Labute approximate surface area is 186 Å². The number of rotatable bonds is 8. The molecule has 0 unspecified atom stereocenters. The van der Waals surface area contributed by atoms with Crippen molar-refractivity contribution in [1.82, 2.24) is 10.9 Å². The van der Waals surface area contributed by atoms with Gasteiger partial charge in [0.25, 0.3) is 11.8 Å². The maximum absolute atomic E-state index is 11.6. The van der Waals surface area contributed by atoms with Gasteiger partial charge < -0.3 is 4.74 Å². The Morgan fingerprint density at radius 3 is 1.55 bits per heavy atom. The monoisotopic (exact) mass is 474 g/mol. The largest absolute Gasteiger partial charge is 0.362 e. The smallest absolute Gasteiger partial charge is 0.266 e. The van der Waals surface area contributed by atoms with E-state index in [9.17, 15) is 9.59 Å². The molecule has 2 N–H and O–H groups in total. The van der Waals surface area contributed by atoms with E-state index in [1.807, 2.05) is 0 Å². The van der Waals surface area contributed by atoms with E-state index in [1.165, 1.54) is 12.4 Å². The lowest BCUT2D eigenvalue weighted by Crippen LogP contribution is -2.28. The molecule has 0 aliphatic heterocycles. The third-order valence-electron chi connectivity index (χ3n) is 3.16. The Balaban J connectivity index is 1.66. The number of amides is 2. The van der Waals surface area contributed by atoms with Crippen molar-refractivity contribution in [1.29, 1.82) is 0 Å². The molecule has 2 amide bonds. The van der Waals surface area contributed by atoms with Crippen LogP contribution in [0.15, 0.2) is 46.6 Å². The van der Waals surface area contributed by atoms with Crippen LogP contribution in [-0.2, 0) is 14.3 Å². The topological polar surface area (TPSA) is 92.2 Å². The minimum Gasteiger partial charge on any atom is -0.362 e. The molecular weight excluding hydrogens is 462 g/mol. The minimum atomic E-state index is -0.534. The summed E-state index contributed by atoms with van der Waals surface area (Å²) in [4.78, 5) is 23.2. The quantitative estimate of drug-likeness (QED) is 0.447. The molecule has 0 saturated heterocycles. The number of carbonyl (C=O) groups excluding carboxylic acids is 2. The van der Waals surface area contributed by atoms with Crippen molar-refractivity contribution >= 4 is 70.6 Å². The van der Waals surface area contributed by atoms with Gasteiger partial charge >= 0.3 is 0 Å². The number of hydrogen-bond donors (Lipinski definition) is 2. The molecular formula is C18H14Cl4N4O3. The molecule has 2 aromatic carbocycles. The molecule has 0 saturated carbocycles. The van der Waals surface area contributed by atoms with Crippen molar-refractivity contribution < 1.29 is 14.3 Å². The highest BCUT2D eigenvalue weighted by atomic mass is 35.5. The number of halogens is 4. The first-order chi connectivity index (χ1) is 13.8. The van der Waals surface area contributed by atoms with Crippen LogP contribution in [0.25, 0.3) is 0 Å². The third kappa shape index (κ3) is 8.39. The molecule has 29 heavy (non-hydrogen) atoms. The highest BCUT2D eigenvalue weighted by Crippen LogP contribution is 2.22. The van der Waals surface area contributed by atoms with Crippen molar-refractivity contribution in [2.75, 3.05) is 13.2 Å². The van der Waals surface area contributed by atoms with Gasteiger partial charge in [0.15, 0.2) is 0 Å². The van der Waals surface area contributed by atoms with Crippen LogP contribution in [0.3, 0.4) is 0 Å². The zero-order valence-electron chi connectivity index (χ0n) is 14.7. The maximum Gasteiger partial charge on any atom is 0.266 e.